The topological polar surface area (TPSA) is 101 Å². The van der Waals surface area contributed by atoms with E-state index in [1.54, 1.807) is 18.2 Å². The van der Waals surface area contributed by atoms with Crippen LogP contribution in [0.1, 0.15) is 18.2 Å². The van der Waals surface area contributed by atoms with Crippen LogP contribution in [-0.2, 0) is 21.4 Å². The molecule has 2 heterocycles. The van der Waals surface area contributed by atoms with Gasteiger partial charge in [-0.05, 0) is 50.2 Å². The Hall–Kier alpha value is -3.01. The lowest BCUT2D eigenvalue weighted by molar-refractivity contribution is -0.122. The van der Waals surface area contributed by atoms with Crippen molar-refractivity contribution in [1.29, 1.82) is 0 Å². The van der Waals surface area contributed by atoms with Gasteiger partial charge in [0.15, 0.2) is 10.8 Å². The van der Waals surface area contributed by atoms with E-state index in [-0.39, 0.29) is 11.4 Å². The number of aryl methyl sites for hydroxylation is 1. The van der Waals surface area contributed by atoms with Gasteiger partial charge in [-0.3, -0.25) is 4.79 Å². The number of carbonyl (C=O) groups is 1. The lowest BCUT2D eigenvalue weighted by atomic mass is 10.2. The van der Waals surface area contributed by atoms with E-state index in [1.165, 1.54) is 30.4 Å². The maximum atomic E-state index is 12.5. The monoisotopic (exact) mass is 455 g/mol. The van der Waals surface area contributed by atoms with Crippen LogP contribution in [0.5, 0.6) is 0 Å². The quantitative estimate of drug-likeness (QED) is 0.441. The number of sulfonamides is 1. The summed E-state index contributed by atoms with van der Waals surface area (Å²) >= 11 is 1.53. The number of nitrogens with one attached hydrogen (secondary N) is 2. The predicted octanol–water partition coefficient (Wildman–Crippen LogP) is 3.85. The predicted molar refractivity (Wildman–Crippen MR) is 120 cm³/mol. The summed E-state index contributed by atoms with van der Waals surface area (Å²) in [5.74, 6) is 0.725. The molecule has 0 spiro atoms. The lowest BCUT2D eigenvalue weighted by Crippen LogP contribution is -2.44. The van der Waals surface area contributed by atoms with E-state index in [0.717, 1.165) is 20.8 Å². The van der Waals surface area contributed by atoms with Gasteiger partial charge >= 0.3 is 0 Å². The molecule has 7 nitrogen and oxygen atoms in total. The third-order valence-electron chi connectivity index (χ3n) is 4.66. The zero-order valence-electron chi connectivity index (χ0n) is 17.0. The molecule has 1 atom stereocenters. The highest BCUT2D eigenvalue weighted by atomic mass is 32.2. The Morgan fingerprint density at radius 2 is 1.84 bits per heavy atom. The molecule has 0 saturated heterocycles. The van der Waals surface area contributed by atoms with Crippen molar-refractivity contribution < 1.29 is 17.6 Å². The van der Waals surface area contributed by atoms with E-state index in [2.05, 4.69) is 15.0 Å². The highest BCUT2D eigenvalue weighted by molar-refractivity contribution is 7.89. The fraction of sp³-hybridized carbons (Fsp3) is 0.182. The number of nitrogens with zero attached hydrogens (tertiary/aromatic N) is 1. The van der Waals surface area contributed by atoms with Crippen LogP contribution in [-0.4, -0.2) is 25.4 Å². The van der Waals surface area contributed by atoms with Crippen LogP contribution in [0.25, 0.3) is 21.0 Å². The molecule has 9 heteroatoms. The Morgan fingerprint density at radius 3 is 2.58 bits per heavy atom. The van der Waals surface area contributed by atoms with Crippen LogP contribution in [0.4, 0.5) is 0 Å². The number of aromatic nitrogens is 1. The smallest absolute Gasteiger partial charge is 0.241 e. The third-order valence-corrected chi connectivity index (χ3v) is 7.27. The van der Waals surface area contributed by atoms with Crippen molar-refractivity contribution in [3.05, 3.63) is 72.0 Å². The normalized spacial score (nSPS) is 12.7. The van der Waals surface area contributed by atoms with Gasteiger partial charge in [0.1, 0.15) is 5.76 Å². The Labute approximate surface area is 184 Å². The van der Waals surface area contributed by atoms with E-state index in [4.69, 9.17) is 4.42 Å². The molecule has 0 aliphatic heterocycles. The van der Waals surface area contributed by atoms with Crippen molar-refractivity contribution in [1.82, 2.24) is 15.0 Å². The number of thiazole rings is 1. The molecule has 0 radical (unpaired) electrons. The van der Waals surface area contributed by atoms with Gasteiger partial charge in [-0.25, -0.2) is 13.4 Å². The second-order valence-electron chi connectivity index (χ2n) is 7.13. The number of benzene rings is 2. The second kappa shape index (κ2) is 8.62. The van der Waals surface area contributed by atoms with Gasteiger partial charge in [0.25, 0.3) is 0 Å². The second-order valence-corrected chi connectivity index (χ2v) is 9.87. The highest BCUT2D eigenvalue weighted by Crippen LogP contribution is 2.31. The van der Waals surface area contributed by atoms with Crippen LogP contribution >= 0.6 is 11.3 Å². The van der Waals surface area contributed by atoms with Gasteiger partial charge in [0.2, 0.25) is 15.9 Å². The standard InChI is InChI=1S/C22H21N3O4S2/c1-14-7-10-17(11-8-14)31(27,28)25-15(2)21(26)23-13-16-9-12-19(29-16)22-24-18-5-3-4-6-20(18)30-22/h3-12,15,25H,13H2,1-2H3,(H,23,26)/t15-/m1/s1. The number of rotatable bonds is 7. The summed E-state index contributed by atoms with van der Waals surface area (Å²) in [7, 11) is -3.79. The van der Waals surface area contributed by atoms with Gasteiger partial charge in [-0.1, -0.05) is 29.8 Å². The van der Waals surface area contributed by atoms with E-state index < -0.39 is 22.0 Å². The zero-order chi connectivity index (χ0) is 22.0. The molecule has 2 aromatic heterocycles. The van der Waals surface area contributed by atoms with E-state index in [0.29, 0.717) is 11.5 Å². The molecule has 0 fully saturated rings. The number of furan rings is 1. The molecule has 4 rings (SSSR count). The van der Waals surface area contributed by atoms with Gasteiger partial charge in [-0.2, -0.15) is 4.72 Å². The highest BCUT2D eigenvalue weighted by Gasteiger charge is 2.22. The zero-order valence-corrected chi connectivity index (χ0v) is 18.6. The summed E-state index contributed by atoms with van der Waals surface area (Å²) in [6.45, 7) is 3.51. The molecule has 0 aliphatic rings. The van der Waals surface area contributed by atoms with Crippen LogP contribution in [0.3, 0.4) is 0 Å². The Kier molecular flexibility index (Phi) is 5.90. The van der Waals surface area contributed by atoms with Crippen molar-refractivity contribution in [2.45, 2.75) is 31.3 Å². The molecule has 0 unspecified atom stereocenters. The van der Waals surface area contributed by atoms with Crippen LogP contribution in [0.15, 0.2) is 70.0 Å². The van der Waals surface area contributed by atoms with Crippen molar-refractivity contribution in [3.8, 4) is 10.8 Å². The van der Waals surface area contributed by atoms with E-state index >= 15 is 0 Å². The number of amides is 1. The van der Waals surface area contributed by atoms with Gasteiger partial charge in [-0.15, -0.1) is 11.3 Å². The van der Waals surface area contributed by atoms with Gasteiger partial charge < -0.3 is 9.73 Å². The van der Waals surface area contributed by atoms with Crippen molar-refractivity contribution >= 4 is 37.5 Å². The van der Waals surface area contributed by atoms with Crippen LogP contribution < -0.4 is 10.0 Å². The van der Waals surface area contributed by atoms with E-state index in [9.17, 15) is 13.2 Å². The fourth-order valence-corrected chi connectivity index (χ4v) is 5.09. The molecular formula is C22H21N3O4S2. The summed E-state index contributed by atoms with van der Waals surface area (Å²) in [5, 5.41) is 3.46. The Balaban J connectivity index is 1.37. The molecule has 4 aromatic rings. The minimum Gasteiger partial charge on any atom is -0.457 e. The average molecular weight is 456 g/mol. The molecule has 2 N–H and O–H groups in total. The average Bonchev–Trinajstić information content (AvgIpc) is 3.38. The first kappa shape index (κ1) is 21.2. The molecular weight excluding hydrogens is 434 g/mol. The maximum absolute atomic E-state index is 12.5. The molecule has 31 heavy (non-hydrogen) atoms. The largest absolute Gasteiger partial charge is 0.457 e. The minimum atomic E-state index is -3.79. The molecule has 160 valence electrons. The van der Waals surface area contributed by atoms with Crippen LogP contribution in [0, 0.1) is 6.92 Å². The maximum Gasteiger partial charge on any atom is 0.241 e. The lowest BCUT2D eigenvalue weighted by Gasteiger charge is -2.14. The molecule has 0 aliphatic carbocycles. The van der Waals surface area contributed by atoms with Gasteiger partial charge in [0, 0.05) is 0 Å². The SMILES string of the molecule is Cc1ccc(S(=O)(=O)N[C@H](C)C(=O)NCc2ccc(-c3nc4ccccc4s3)o2)cc1. The number of carbonyl (C=O) groups excluding carboxylic acids is 1. The van der Waals surface area contributed by atoms with E-state index in [1.807, 2.05) is 37.3 Å². The van der Waals surface area contributed by atoms with Crippen molar-refractivity contribution in [2.24, 2.45) is 0 Å². The Bertz CT molecular complexity index is 1290. The first-order valence-electron chi connectivity index (χ1n) is 9.63. The van der Waals surface area contributed by atoms with Crippen LogP contribution in [0.2, 0.25) is 0 Å². The number of para-hydroxylation sites is 1. The molecule has 0 bridgehead atoms. The Morgan fingerprint density at radius 1 is 1.10 bits per heavy atom. The third kappa shape index (κ3) is 4.84. The molecule has 1 amide bonds. The fourth-order valence-electron chi connectivity index (χ4n) is 2.96. The first-order chi connectivity index (χ1) is 14.8. The molecule has 0 saturated carbocycles. The van der Waals surface area contributed by atoms with Crippen molar-refractivity contribution in [2.75, 3.05) is 0 Å². The summed E-state index contributed by atoms with van der Waals surface area (Å²) in [4.78, 5) is 17.1. The first-order valence-corrected chi connectivity index (χ1v) is 11.9. The molecule has 2 aromatic carbocycles. The number of hydrogen-bond acceptors (Lipinski definition) is 6. The summed E-state index contributed by atoms with van der Waals surface area (Å²) < 4.78 is 34.2. The van der Waals surface area contributed by atoms with Crippen molar-refractivity contribution in [3.63, 3.8) is 0 Å². The van der Waals surface area contributed by atoms with Gasteiger partial charge in [0.05, 0.1) is 27.7 Å². The number of fused-ring (bicyclic) bond motifs is 1. The minimum absolute atomic E-state index is 0.115. The summed E-state index contributed by atoms with van der Waals surface area (Å²) in [5.41, 5.74) is 1.86. The number of hydrogen-bond donors (Lipinski definition) is 2. The summed E-state index contributed by atoms with van der Waals surface area (Å²) in [6.07, 6.45) is 0. The summed E-state index contributed by atoms with van der Waals surface area (Å²) in [6, 6.07) is 16.9.